The molecule has 0 heterocycles. The van der Waals surface area contributed by atoms with Crippen molar-refractivity contribution in [1.82, 2.24) is 0 Å². The molecule has 0 saturated carbocycles. The van der Waals surface area contributed by atoms with Crippen molar-refractivity contribution in [3.05, 3.63) is 62.5 Å². The van der Waals surface area contributed by atoms with Crippen LogP contribution in [0.1, 0.15) is 5.56 Å². The fourth-order valence-corrected chi connectivity index (χ4v) is 2.19. The van der Waals surface area contributed by atoms with Crippen molar-refractivity contribution >= 4 is 31.9 Å². The Morgan fingerprint density at radius 3 is 2.39 bits per heavy atom. The molecule has 2 aromatic carbocycles. The highest BCUT2D eigenvalue weighted by atomic mass is 79.9. The molecular formula is C13H8Br2F2O. The van der Waals surface area contributed by atoms with Gasteiger partial charge in [0.1, 0.15) is 24.0 Å². The molecule has 0 saturated heterocycles. The van der Waals surface area contributed by atoms with Crippen LogP contribution in [0.25, 0.3) is 0 Å². The number of halogens is 4. The average molecular weight is 378 g/mol. The van der Waals surface area contributed by atoms with Crippen LogP contribution in [0.4, 0.5) is 8.78 Å². The quantitative estimate of drug-likeness (QED) is 0.725. The van der Waals surface area contributed by atoms with E-state index < -0.39 is 5.82 Å². The van der Waals surface area contributed by atoms with E-state index in [4.69, 9.17) is 4.74 Å². The van der Waals surface area contributed by atoms with Gasteiger partial charge in [0.2, 0.25) is 0 Å². The van der Waals surface area contributed by atoms with Gasteiger partial charge in [0.15, 0.2) is 0 Å². The summed E-state index contributed by atoms with van der Waals surface area (Å²) in [5.74, 6) is -0.417. The van der Waals surface area contributed by atoms with Gasteiger partial charge in [-0.2, -0.15) is 0 Å². The lowest BCUT2D eigenvalue weighted by Gasteiger charge is -2.08. The fourth-order valence-electron chi connectivity index (χ4n) is 1.41. The Kier molecular flexibility index (Phi) is 4.35. The van der Waals surface area contributed by atoms with Gasteiger partial charge in [-0.3, -0.25) is 0 Å². The normalized spacial score (nSPS) is 10.4. The first-order valence-electron chi connectivity index (χ1n) is 5.07. The van der Waals surface area contributed by atoms with Crippen LogP contribution in [0.2, 0.25) is 0 Å². The summed E-state index contributed by atoms with van der Waals surface area (Å²) in [5, 5.41) is 0. The smallest absolute Gasteiger partial charge is 0.130 e. The van der Waals surface area contributed by atoms with Crippen LogP contribution in [0.3, 0.4) is 0 Å². The van der Waals surface area contributed by atoms with E-state index in [1.54, 1.807) is 18.2 Å². The van der Waals surface area contributed by atoms with E-state index >= 15 is 0 Å². The SMILES string of the molecule is Fc1cc(Br)cc(OCc2ccc(Br)cc2F)c1. The lowest BCUT2D eigenvalue weighted by molar-refractivity contribution is 0.298. The predicted octanol–water partition coefficient (Wildman–Crippen LogP) is 5.07. The van der Waals surface area contributed by atoms with Gasteiger partial charge < -0.3 is 4.74 Å². The largest absolute Gasteiger partial charge is 0.489 e. The van der Waals surface area contributed by atoms with Gasteiger partial charge >= 0.3 is 0 Å². The Balaban J connectivity index is 2.11. The maximum Gasteiger partial charge on any atom is 0.130 e. The zero-order chi connectivity index (χ0) is 13.1. The Hall–Kier alpha value is -0.940. The number of hydrogen-bond donors (Lipinski definition) is 0. The van der Waals surface area contributed by atoms with Gasteiger partial charge in [-0.25, -0.2) is 8.78 Å². The lowest BCUT2D eigenvalue weighted by atomic mass is 10.2. The topological polar surface area (TPSA) is 9.23 Å². The zero-order valence-electron chi connectivity index (χ0n) is 9.09. The van der Waals surface area contributed by atoms with Gasteiger partial charge in [-0.15, -0.1) is 0 Å². The summed E-state index contributed by atoms with van der Waals surface area (Å²) in [6.07, 6.45) is 0. The van der Waals surface area contributed by atoms with Crippen LogP contribution >= 0.6 is 31.9 Å². The minimum Gasteiger partial charge on any atom is -0.489 e. The molecule has 0 unspecified atom stereocenters. The summed E-state index contributed by atoms with van der Waals surface area (Å²) in [6.45, 7) is 0.0506. The van der Waals surface area contributed by atoms with Crippen LogP contribution < -0.4 is 4.74 Å². The maximum absolute atomic E-state index is 13.5. The minimum atomic E-state index is -0.407. The van der Waals surface area contributed by atoms with Crippen molar-refractivity contribution < 1.29 is 13.5 Å². The van der Waals surface area contributed by atoms with Crippen molar-refractivity contribution in [2.45, 2.75) is 6.61 Å². The Morgan fingerprint density at radius 1 is 0.944 bits per heavy atom. The van der Waals surface area contributed by atoms with Gasteiger partial charge in [0.05, 0.1) is 0 Å². The monoisotopic (exact) mass is 376 g/mol. The highest BCUT2D eigenvalue weighted by Crippen LogP contribution is 2.22. The molecule has 0 amide bonds. The van der Waals surface area contributed by atoms with Crippen molar-refractivity contribution in [2.24, 2.45) is 0 Å². The van der Waals surface area contributed by atoms with Crippen molar-refractivity contribution in [3.63, 3.8) is 0 Å². The molecule has 1 nitrogen and oxygen atoms in total. The summed E-state index contributed by atoms with van der Waals surface area (Å²) in [5.41, 5.74) is 0.415. The Bertz CT molecular complexity index is 553. The zero-order valence-corrected chi connectivity index (χ0v) is 12.3. The number of hydrogen-bond acceptors (Lipinski definition) is 1. The fraction of sp³-hybridized carbons (Fsp3) is 0.0769. The minimum absolute atomic E-state index is 0.0506. The molecule has 2 rings (SSSR count). The Morgan fingerprint density at radius 2 is 1.72 bits per heavy atom. The lowest BCUT2D eigenvalue weighted by Crippen LogP contribution is -1.98. The van der Waals surface area contributed by atoms with Crippen LogP contribution in [-0.4, -0.2) is 0 Å². The molecule has 0 spiro atoms. The van der Waals surface area contributed by atoms with Gasteiger partial charge in [0.25, 0.3) is 0 Å². The van der Waals surface area contributed by atoms with Crippen molar-refractivity contribution in [3.8, 4) is 5.75 Å². The van der Waals surface area contributed by atoms with Crippen molar-refractivity contribution in [2.75, 3.05) is 0 Å². The van der Waals surface area contributed by atoms with E-state index in [2.05, 4.69) is 31.9 Å². The molecule has 0 fully saturated rings. The maximum atomic E-state index is 13.5. The summed E-state index contributed by atoms with van der Waals surface area (Å²) < 4.78 is 33.2. The van der Waals surface area contributed by atoms with E-state index in [1.807, 2.05) is 0 Å². The van der Waals surface area contributed by atoms with E-state index in [0.29, 0.717) is 20.3 Å². The third-order valence-electron chi connectivity index (χ3n) is 2.25. The van der Waals surface area contributed by atoms with Crippen LogP contribution in [-0.2, 0) is 6.61 Å². The van der Waals surface area contributed by atoms with E-state index in [1.165, 1.54) is 18.2 Å². The summed E-state index contributed by atoms with van der Waals surface area (Å²) in [4.78, 5) is 0. The number of ether oxygens (including phenoxy) is 1. The second kappa shape index (κ2) is 5.80. The molecule has 5 heteroatoms. The summed E-state index contributed by atoms with van der Waals surface area (Å²) in [6, 6.07) is 8.91. The van der Waals surface area contributed by atoms with E-state index in [0.717, 1.165) is 0 Å². The predicted molar refractivity (Wildman–Crippen MR) is 72.5 cm³/mol. The first-order valence-corrected chi connectivity index (χ1v) is 6.66. The van der Waals surface area contributed by atoms with Crippen LogP contribution in [0, 0.1) is 11.6 Å². The molecule has 18 heavy (non-hydrogen) atoms. The van der Waals surface area contributed by atoms with Crippen LogP contribution in [0.5, 0.6) is 5.75 Å². The van der Waals surface area contributed by atoms with E-state index in [-0.39, 0.29) is 12.4 Å². The Labute approximate surface area is 120 Å². The average Bonchev–Trinajstić information content (AvgIpc) is 2.26. The first-order chi connectivity index (χ1) is 8.54. The first kappa shape index (κ1) is 13.5. The molecule has 0 aromatic heterocycles. The second-order valence-electron chi connectivity index (χ2n) is 3.63. The molecule has 0 aliphatic carbocycles. The number of rotatable bonds is 3. The molecule has 0 atom stereocenters. The van der Waals surface area contributed by atoms with Gasteiger partial charge in [-0.05, 0) is 24.3 Å². The second-order valence-corrected chi connectivity index (χ2v) is 5.46. The summed E-state index contributed by atoms with van der Waals surface area (Å²) in [7, 11) is 0. The van der Waals surface area contributed by atoms with E-state index in [9.17, 15) is 8.78 Å². The molecule has 0 radical (unpaired) electrons. The van der Waals surface area contributed by atoms with Gasteiger partial charge in [-0.1, -0.05) is 37.9 Å². The molecule has 0 bridgehead atoms. The number of benzene rings is 2. The molecule has 0 aliphatic heterocycles. The molecule has 0 aliphatic rings. The standard InChI is InChI=1S/C13H8Br2F2O/c14-9-2-1-8(13(17)5-9)7-18-12-4-10(15)3-11(16)6-12/h1-6H,7H2. The molecular weight excluding hydrogens is 370 g/mol. The molecule has 2 aromatic rings. The highest BCUT2D eigenvalue weighted by Gasteiger charge is 2.05. The highest BCUT2D eigenvalue weighted by molar-refractivity contribution is 9.10. The molecule has 94 valence electrons. The third-order valence-corrected chi connectivity index (χ3v) is 3.20. The third kappa shape index (κ3) is 3.53. The molecule has 0 N–H and O–H groups in total. The van der Waals surface area contributed by atoms with Gasteiger partial charge in [0, 0.05) is 20.6 Å². The van der Waals surface area contributed by atoms with Crippen LogP contribution in [0.15, 0.2) is 45.3 Å². The summed E-state index contributed by atoms with van der Waals surface area (Å²) >= 11 is 6.34. The van der Waals surface area contributed by atoms with Crippen molar-refractivity contribution in [1.29, 1.82) is 0 Å².